The molecule has 5 heteroatoms. The third-order valence-corrected chi connectivity index (χ3v) is 5.93. The van der Waals surface area contributed by atoms with Crippen LogP contribution in [0.2, 0.25) is 10.0 Å². The number of hydrogen-bond donors (Lipinski definition) is 1. The molecule has 0 spiro atoms. The van der Waals surface area contributed by atoms with Crippen molar-refractivity contribution in [3.05, 3.63) is 33.8 Å². The summed E-state index contributed by atoms with van der Waals surface area (Å²) in [6.45, 7) is 0.706. The second-order valence-electron chi connectivity index (χ2n) is 5.51. The summed E-state index contributed by atoms with van der Waals surface area (Å²) in [6.07, 6.45) is 6.12. The zero-order valence-corrected chi connectivity index (χ0v) is 14.3. The van der Waals surface area contributed by atoms with Crippen LogP contribution in [0.5, 0.6) is 0 Å². The Morgan fingerprint density at radius 3 is 2.50 bits per heavy atom. The molecule has 1 fully saturated rings. The van der Waals surface area contributed by atoms with E-state index < -0.39 is 0 Å². The monoisotopic (exact) mass is 377 g/mol. The van der Waals surface area contributed by atoms with Gasteiger partial charge >= 0.3 is 0 Å². The fraction of sp³-hybridized carbons (Fsp3) is 0.533. The van der Waals surface area contributed by atoms with E-state index in [0.29, 0.717) is 22.2 Å². The number of carbonyl (C=O) groups excluding carboxylic acids is 1. The summed E-state index contributed by atoms with van der Waals surface area (Å²) in [5, 5.41) is 4.84. The first-order valence-corrected chi connectivity index (χ1v) is 8.73. The molecule has 0 unspecified atom stereocenters. The highest BCUT2D eigenvalue weighted by molar-refractivity contribution is 9.09. The van der Waals surface area contributed by atoms with Crippen LogP contribution in [-0.2, 0) is 0 Å². The molecule has 1 amide bonds. The predicted octanol–water partition coefficient (Wildman–Crippen LogP) is 5.07. The number of rotatable bonds is 4. The lowest BCUT2D eigenvalue weighted by Gasteiger charge is -2.35. The van der Waals surface area contributed by atoms with Crippen molar-refractivity contribution in [2.45, 2.75) is 32.1 Å². The Morgan fingerprint density at radius 2 is 1.90 bits per heavy atom. The molecule has 0 atom stereocenters. The summed E-state index contributed by atoms with van der Waals surface area (Å²) in [4.78, 5) is 12.2. The summed E-state index contributed by atoms with van der Waals surface area (Å²) < 4.78 is 0. The topological polar surface area (TPSA) is 29.1 Å². The molecule has 0 aliphatic heterocycles. The second-order valence-corrected chi connectivity index (χ2v) is 6.88. The van der Waals surface area contributed by atoms with Crippen molar-refractivity contribution in [3.63, 3.8) is 0 Å². The average molecular weight is 379 g/mol. The first-order valence-electron chi connectivity index (χ1n) is 6.86. The Balaban J connectivity index is 1.98. The molecule has 20 heavy (non-hydrogen) atoms. The molecule has 110 valence electrons. The summed E-state index contributed by atoms with van der Waals surface area (Å²) >= 11 is 15.4. The highest BCUT2D eigenvalue weighted by Crippen LogP contribution is 2.37. The van der Waals surface area contributed by atoms with E-state index in [1.807, 2.05) is 0 Å². The van der Waals surface area contributed by atoms with E-state index in [9.17, 15) is 4.79 Å². The lowest BCUT2D eigenvalue weighted by atomic mass is 9.75. The molecule has 0 saturated heterocycles. The van der Waals surface area contributed by atoms with Crippen molar-refractivity contribution in [1.29, 1.82) is 0 Å². The molecule has 2 nitrogen and oxygen atoms in total. The molecule has 2 rings (SSSR count). The Morgan fingerprint density at radius 1 is 1.20 bits per heavy atom. The normalized spacial score (nSPS) is 17.8. The van der Waals surface area contributed by atoms with Crippen LogP contribution in [0, 0.1) is 5.41 Å². The van der Waals surface area contributed by atoms with Gasteiger partial charge in [0.15, 0.2) is 0 Å². The van der Waals surface area contributed by atoms with Crippen LogP contribution in [0.4, 0.5) is 0 Å². The van der Waals surface area contributed by atoms with Crippen LogP contribution in [0.1, 0.15) is 42.5 Å². The third-order valence-electron chi connectivity index (χ3n) is 4.00. The van der Waals surface area contributed by atoms with Gasteiger partial charge in [-0.05, 0) is 36.5 Å². The second kappa shape index (κ2) is 7.15. The van der Waals surface area contributed by atoms with Crippen LogP contribution in [0.15, 0.2) is 18.2 Å². The van der Waals surface area contributed by atoms with Crippen molar-refractivity contribution in [1.82, 2.24) is 5.32 Å². The van der Waals surface area contributed by atoms with Gasteiger partial charge < -0.3 is 5.32 Å². The number of alkyl halides is 1. The Labute approximate surface area is 138 Å². The van der Waals surface area contributed by atoms with Gasteiger partial charge in [-0.15, -0.1) is 0 Å². The van der Waals surface area contributed by atoms with Crippen molar-refractivity contribution in [2.75, 3.05) is 11.9 Å². The molecule has 1 N–H and O–H groups in total. The third kappa shape index (κ3) is 3.90. The first kappa shape index (κ1) is 16.1. The van der Waals surface area contributed by atoms with Crippen molar-refractivity contribution >= 4 is 45.0 Å². The van der Waals surface area contributed by atoms with E-state index in [4.69, 9.17) is 23.2 Å². The molecule has 0 radical (unpaired) electrons. The zero-order chi connectivity index (χ0) is 14.6. The minimum absolute atomic E-state index is 0.0885. The molecule has 1 aromatic rings. The summed E-state index contributed by atoms with van der Waals surface area (Å²) in [7, 11) is 0. The van der Waals surface area contributed by atoms with E-state index in [2.05, 4.69) is 21.2 Å². The number of nitrogens with one attached hydrogen (secondary N) is 1. The highest BCUT2D eigenvalue weighted by Gasteiger charge is 2.31. The van der Waals surface area contributed by atoms with Crippen molar-refractivity contribution < 1.29 is 4.79 Å². The fourth-order valence-corrected chi connectivity index (χ4v) is 3.72. The first-order chi connectivity index (χ1) is 9.56. The SMILES string of the molecule is O=C(NCC1(CBr)CCCCC1)c1ccc(Cl)c(Cl)c1. The molecule has 1 aliphatic carbocycles. The van der Waals surface area contributed by atoms with Crippen LogP contribution in [0.3, 0.4) is 0 Å². The molecule has 0 heterocycles. The molecule has 0 aromatic heterocycles. The largest absolute Gasteiger partial charge is 0.351 e. The number of amides is 1. The molecule has 0 bridgehead atoms. The minimum Gasteiger partial charge on any atom is -0.351 e. The van der Waals surface area contributed by atoms with E-state index in [1.165, 1.54) is 32.1 Å². The van der Waals surface area contributed by atoms with Gasteiger partial charge in [-0.3, -0.25) is 4.79 Å². The van der Waals surface area contributed by atoms with Crippen LogP contribution in [-0.4, -0.2) is 17.8 Å². The molecule has 1 aliphatic rings. The lowest BCUT2D eigenvalue weighted by Crippen LogP contribution is -2.40. The van der Waals surface area contributed by atoms with Crippen molar-refractivity contribution in [2.24, 2.45) is 5.41 Å². The maximum atomic E-state index is 12.2. The Bertz CT molecular complexity index is 487. The quantitative estimate of drug-likeness (QED) is 0.728. The zero-order valence-electron chi connectivity index (χ0n) is 11.2. The van der Waals surface area contributed by atoms with Crippen LogP contribution in [0.25, 0.3) is 0 Å². The number of halogens is 3. The molecule has 1 saturated carbocycles. The standard InChI is InChI=1S/C15H18BrCl2NO/c16-9-15(6-2-1-3-7-15)10-19-14(20)11-4-5-12(17)13(18)8-11/h4-5,8H,1-3,6-7,9-10H2,(H,19,20). The van der Waals surface area contributed by atoms with Gasteiger partial charge in [0, 0.05) is 17.4 Å². The molecular formula is C15H18BrCl2NO. The lowest BCUT2D eigenvalue weighted by molar-refractivity contribution is 0.0922. The Kier molecular flexibility index (Phi) is 5.76. The van der Waals surface area contributed by atoms with Gasteiger partial charge in [0.05, 0.1) is 10.0 Å². The highest BCUT2D eigenvalue weighted by atomic mass is 79.9. The molecular weight excluding hydrogens is 361 g/mol. The fourth-order valence-electron chi connectivity index (χ4n) is 2.67. The summed E-state index contributed by atoms with van der Waals surface area (Å²) in [5.74, 6) is -0.0885. The van der Waals surface area contributed by atoms with Gasteiger partial charge in [0.25, 0.3) is 5.91 Å². The number of hydrogen-bond acceptors (Lipinski definition) is 1. The van der Waals surface area contributed by atoms with E-state index >= 15 is 0 Å². The summed E-state index contributed by atoms with van der Waals surface area (Å²) in [6, 6.07) is 4.96. The minimum atomic E-state index is -0.0885. The van der Waals surface area contributed by atoms with Crippen LogP contribution < -0.4 is 5.32 Å². The van der Waals surface area contributed by atoms with E-state index in [1.54, 1.807) is 18.2 Å². The maximum absolute atomic E-state index is 12.2. The molecule has 1 aromatic carbocycles. The van der Waals surface area contributed by atoms with E-state index in [0.717, 1.165) is 5.33 Å². The maximum Gasteiger partial charge on any atom is 0.251 e. The van der Waals surface area contributed by atoms with Gasteiger partial charge in [-0.25, -0.2) is 0 Å². The number of carbonyl (C=O) groups is 1. The van der Waals surface area contributed by atoms with Crippen LogP contribution >= 0.6 is 39.1 Å². The smallest absolute Gasteiger partial charge is 0.251 e. The average Bonchev–Trinajstić information content (AvgIpc) is 2.48. The van der Waals surface area contributed by atoms with Gasteiger partial charge in [0.2, 0.25) is 0 Å². The Hall–Kier alpha value is -0.250. The summed E-state index contributed by atoms with van der Waals surface area (Å²) in [5.41, 5.74) is 0.754. The van der Waals surface area contributed by atoms with Gasteiger partial charge in [-0.1, -0.05) is 58.4 Å². The number of benzene rings is 1. The van der Waals surface area contributed by atoms with E-state index in [-0.39, 0.29) is 11.3 Å². The van der Waals surface area contributed by atoms with Gasteiger partial charge in [0.1, 0.15) is 0 Å². The predicted molar refractivity (Wildman–Crippen MR) is 88.1 cm³/mol. The van der Waals surface area contributed by atoms with Crippen molar-refractivity contribution in [3.8, 4) is 0 Å². The van der Waals surface area contributed by atoms with Gasteiger partial charge in [-0.2, -0.15) is 0 Å².